The van der Waals surface area contributed by atoms with Crippen LogP contribution in [0.4, 0.5) is 0 Å². The number of hydrogen-bond donors (Lipinski definition) is 0. The minimum absolute atomic E-state index is 0.764. The summed E-state index contributed by atoms with van der Waals surface area (Å²) in [4.78, 5) is 0. The molecule has 0 N–H and O–H groups in total. The van der Waals surface area contributed by atoms with E-state index in [1.807, 2.05) is 0 Å². The topological polar surface area (TPSA) is 0 Å². The predicted molar refractivity (Wildman–Crippen MR) is 46.4 cm³/mol. The summed E-state index contributed by atoms with van der Waals surface area (Å²) in [5, 5.41) is 0. The van der Waals surface area contributed by atoms with Crippen LogP contribution in [0.25, 0.3) is 0 Å². The highest BCUT2D eigenvalue weighted by Crippen LogP contribution is 2.33. The molecule has 0 aromatic rings. The first-order valence-electron chi connectivity index (χ1n) is 4.14. The van der Waals surface area contributed by atoms with E-state index in [1.165, 1.54) is 25.7 Å². The van der Waals surface area contributed by atoms with Crippen molar-refractivity contribution in [1.82, 2.24) is 0 Å². The molecule has 0 atom stereocenters. The lowest BCUT2D eigenvalue weighted by Gasteiger charge is -1.88. The van der Waals surface area contributed by atoms with Crippen LogP contribution in [-0.4, -0.2) is 5.88 Å². The van der Waals surface area contributed by atoms with E-state index >= 15 is 0 Å². The summed E-state index contributed by atoms with van der Waals surface area (Å²) >= 11 is 5.50. The van der Waals surface area contributed by atoms with Crippen LogP contribution in [-0.2, 0) is 0 Å². The number of rotatable bonds is 5. The third-order valence-electron chi connectivity index (χ3n) is 1.88. The molecule has 0 unspecified atom stereocenters. The van der Waals surface area contributed by atoms with Crippen LogP contribution >= 0.6 is 11.6 Å². The maximum atomic E-state index is 5.50. The Bertz CT molecular complexity index is 103. The van der Waals surface area contributed by atoms with Gasteiger partial charge < -0.3 is 0 Å². The van der Waals surface area contributed by atoms with Crippen molar-refractivity contribution in [2.75, 3.05) is 5.88 Å². The molecule has 0 aromatic heterocycles. The fourth-order valence-corrected chi connectivity index (χ4v) is 1.16. The summed E-state index contributed by atoms with van der Waals surface area (Å²) in [5.41, 5.74) is 0. The third kappa shape index (κ3) is 3.94. The number of hydrogen-bond acceptors (Lipinski definition) is 0. The minimum atomic E-state index is 0.764. The van der Waals surface area contributed by atoms with Gasteiger partial charge in [0.15, 0.2) is 0 Å². The third-order valence-corrected chi connectivity index (χ3v) is 2.10. The minimum Gasteiger partial charge on any atom is -0.126 e. The van der Waals surface area contributed by atoms with Gasteiger partial charge in [0.05, 0.1) is 0 Å². The Hall–Kier alpha value is 0.0300. The number of allylic oxidation sites excluding steroid dienone is 2. The van der Waals surface area contributed by atoms with E-state index in [9.17, 15) is 0 Å². The molecule has 0 nitrogen and oxygen atoms in total. The lowest BCUT2D eigenvalue weighted by atomic mass is 10.2. The van der Waals surface area contributed by atoms with E-state index in [2.05, 4.69) is 12.2 Å². The van der Waals surface area contributed by atoms with Gasteiger partial charge in [-0.1, -0.05) is 25.0 Å². The first-order chi connectivity index (χ1) is 4.93. The molecule has 1 rings (SSSR count). The van der Waals surface area contributed by atoms with E-state index in [4.69, 9.17) is 11.6 Å². The zero-order valence-electron chi connectivity index (χ0n) is 6.35. The molecule has 1 fully saturated rings. The van der Waals surface area contributed by atoms with Gasteiger partial charge in [0.1, 0.15) is 0 Å². The molecular weight excluding hydrogens is 144 g/mol. The smallest absolute Gasteiger partial charge is 0.0257 e. The molecule has 0 aromatic carbocycles. The molecule has 0 spiro atoms. The molecule has 1 aliphatic rings. The van der Waals surface area contributed by atoms with Gasteiger partial charge in [-0.3, -0.25) is 0 Å². The van der Waals surface area contributed by atoms with Gasteiger partial charge in [-0.25, -0.2) is 0 Å². The van der Waals surface area contributed by atoms with Crippen molar-refractivity contribution >= 4 is 11.6 Å². The Morgan fingerprint density at radius 2 is 1.90 bits per heavy atom. The lowest BCUT2D eigenvalue weighted by molar-refractivity contribution is 0.740. The van der Waals surface area contributed by atoms with Gasteiger partial charge in [0.2, 0.25) is 0 Å². The molecule has 0 aliphatic heterocycles. The molecule has 0 saturated heterocycles. The first-order valence-corrected chi connectivity index (χ1v) is 4.68. The van der Waals surface area contributed by atoms with Gasteiger partial charge in [-0.05, 0) is 25.2 Å². The highest BCUT2D eigenvalue weighted by molar-refractivity contribution is 6.17. The summed E-state index contributed by atoms with van der Waals surface area (Å²) in [6.07, 6.45) is 11.1. The molecule has 1 saturated carbocycles. The molecule has 1 aliphatic carbocycles. The van der Waals surface area contributed by atoms with Crippen LogP contribution < -0.4 is 0 Å². The summed E-state index contributed by atoms with van der Waals surface area (Å²) in [6.45, 7) is 0. The van der Waals surface area contributed by atoms with Gasteiger partial charge in [-0.2, -0.15) is 0 Å². The monoisotopic (exact) mass is 158 g/mol. The van der Waals surface area contributed by atoms with Crippen LogP contribution in [0.1, 0.15) is 32.1 Å². The fourth-order valence-electron chi connectivity index (χ4n) is 1.04. The maximum Gasteiger partial charge on any atom is 0.0257 e. The van der Waals surface area contributed by atoms with Gasteiger partial charge in [-0.15, -0.1) is 11.6 Å². The van der Waals surface area contributed by atoms with Gasteiger partial charge in [0.25, 0.3) is 0 Å². The summed E-state index contributed by atoms with van der Waals surface area (Å²) in [7, 11) is 0. The van der Waals surface area contributed by atoms with E-state index in [0.29, 0.717) is 0 Å². The number of alkyl halides is 1. The second-order valence-electron chi connectivity index (χ2n) is 2.97. The molecule has 58 valence electrons. The first kappa shape index (κ1) is 8.13. The highest BCUT2D eigenvalue weighted by atomic mass is 35.5. The zero-order valence-corrected chi connectivity index (χ0v) is 7.11. The second kappa shape index (κ2) is 4.79. The Morgan fingerprint density at radius 3 is 2.50 bits per heavy atom. The summed E-state index contributed by atoms with van der Waals surface area (Å²) < 4.78 is 0. The molecule has 0 heterocycles. The predicted octanol–water partition coefficient (Wildman–Crippen LogP) is 3.36. The second-order valence-corrected chi connectivity index (χ2v) is 3.35. The molecule has 0 radical (unpaired) electrons. The van der Waals surface area contributed by atoms with Crippen molar-refractivity contribution in [2.45, 2.75) is 32.1 Å². The standard InChI is InChI=1S/C9H15Cl/c10-8-4-2-1-3-5-9-6-7-9/h1-2,9H,3-8H2. The van der Waals surface area contributed by atoms with Crippen molar-refractivity contribution in [1.29, 1.82) is 0 Å². The average molecular weight is 159 g/mol. The van der Waals surface area contributed by atoms with Crippen molar-refractivity contribution < 1.29 is 0 Å². The van der Waals surface area contributed by atoms with E-state index in [-0.39, 0.29) is 0 Å². The van der Waals surface area contributed by atoms with Crippen LogP contribution in [0.2, 0.25) is 0 Å². The SMILES string of the molecule is ClCCC=CCCC1CC1. The molecule has 10 heavy (non-hydrogen) atoms. The quantitative estimate of drug-likeness (QED) is 0.425. The van der Waals surface area contributed by atoms with Crippen LogP contribution in [0.15, 0.2) is 12.2 Å². The van der Waals surface area contributed by atoms with Crippen LogP contribution in [0.3, 0.4) is 0 Å². The Kier molecular flexibility index (Phi) is 3.89. The van der Waals surface area contributed by atoms with E-state index in [0.717, 1.165) is 18.2 Å². The van der Waals surface area contributed by atoms with Crippen molar-refractivity contribution in [3.63, 3.8) is 0 Å². The van der Waals surface area contributed by atoms with Crippen LogP contribution in [0.5, 0.6) is 0 Å². The molecule has 0 bridgehead atoms. The lowest BCUT2D eigenvalue weighted by Crippen LogP contribution is -1.73. The van der Waals surface area contributed by atoms with Crippen molar-refractivity contribution in [3.8, 4) is 0 Å². The van der Waals surface area contributed by atoms with E-state index in [1.54, 1.807) is 0 Å². The Labute approximate surface area is 68.3 Å². The largest absolute Gasteiger partial charge is 0.126 e. The summed E-state index contributed by atoms with van der Waals surface area (Å²) in [5.74, 6) is 1.83. The fraction of sp³-hybridized carbons (Fsp3) is 0.778. The van der Waals surface area contributed by atoms with E-state index < -0.39 is 0 Å². The Balaban J connectivity index is 1.83. The number of halogens is 1. The summed E-state index contributed by atoms with van der Waals surface area (Å²) in [6, 6.07) is 0. The zero-order chi connectivity index (χ0) is 7.23. The maximum absolute atomic E-state index is 5.50. The van der Waals surface area contributed by atoms with Crippen molar-refractivity contribution in [2.24, 2.45) is 5.92 Å². The normalized spacial score (nSPS) is 18.5. The van der Waals surface area contributed by atoms with Crippen LogP contribution in [0, 0.1) is 5.92 Å². The average Bonchev–Trinajstić information content (AvgIpc) is 2.71. The molecular formula is C9H15Cl. The molecule has 0 amide bonds. The van der Waals surface area contributed by atoms with Gasteiger partial charge >= 0.3 is 0 Å². The van der Waals surface area contributed by atoms with Gasteiger partial charge in [0, 0.05) is 5.88 Å². The highest BCUT2D eigenvalue weighted by Gasteiger charge is 2.19. The van der Waals surface area contributed by atoms with Crippen molar-refractivity contribution in [3.05, 3.63) is 12.2 Å². The Morgan fingerprint density at radius 1 is 1.20 bits per heavy atom. The molecule has 1 heteroatoms.